The molecule has 0 radical (unpaired) electrons. The molecule has 0 aromatic heterocycles. The van der Waals surface area contributed by atoms with E-state index in [-0.39, 0.29) is 5.91 Å². The Morgan fingerprint density at radius 1 is 1.50 bits per heavy atom. The number of amides is 1. The first-order valence-electron chi connectivity index (χ1n) is 4.35. The molecule has 0 spiro atoms. The quantitative estimate of drug-likeness (QED) is 0.515. The van der Waals surface area contributed by atoms with Crippen molar-refractivity contribution in [1.82, 2.24) is 9.80 Å². The highest BCUT2D eigenvalue weighted by Gasteiger charge is 2.42. The van der Waals surface area contributed by atoms with E-state index >= 15 is 0 Å². The second-order valence-electron chi connectivity index (χ2n) is 3.68. The molecule has 0 N–H and O–H groups in total. The van der Waals surface area contributed by atoms with Crippen molar-refractivity contribution >= 4 is 5.91 Å². The van der Waals surface area contributed by atoms with Gasteiger partial charge in [-0.15, -0.1) is 0 Å². The summed E-state index contributed by atoms with van der Waals surface area (Å²) >= 11 is 0. The molecule has 2 atom stereocenters. The summed E-state index contributed by atoms with van der Waals surface area (Å²) in [5, 5.41) is 0. The van der Waals surface area contributed by atoms with E-state index in [9.17, 15) is 4.79 Å². The predicted octanol–water partition coefficient (Wildman–Crippen LogP) is 0.0873. The molecular formula is C9H14N2O. The maximum atomic E-state index is 11.3. The van der Waals surface area contributed by atoms with Gasteiger partial charge in [-0.2, -0.15) is 0 Å². The van der Waals surface area contributed by atoms with Gasteiger partial charge >= 0.3 is 0 Å². The summed E-state index contributed by atoms with van der Waals surface area (Å²) in [7, 11) is 2.13. The van der Waals surface area contributed by atoms with E-state index < -0.39 is 0 Å². The molecule has 12 heavy (non-hydrogen) atoms. The Kier molecular flexibility index (Phi) is 1.68. The molecule has 0 aliphatic carbocycles. The number of likely N-dealkylation sites (N-methyl/N-ethyl adjacent to an activating group) is 1. The van der Waals surface area contributed by atoms with Crippen LogP contribution in [0, 0.1) is 0 Å². The zero-order valence-corrected chi connectivity index (χ0v) is 7.36. The zero-order chi connectivity index (χ0) is 8.72. The Hall–Kier alpha value is -0.830. The first-order chi connectivity index (χ1) is 5.72. The molecule has 0 aromatic rings. The van der Waals surface area contributed by atoms with E-state index in [0.717, 1.165) is 19.5 Å². The van der Waals surface area contributed by atoms with E-state index in [1.807, 2.05) is 4.90 Å². The van der Waals surface area contributed by atoms with Gasteiger partial charge in [0, 0.05) is 25.2 Å². The van der Waals surface area contributed by atoms with Gasteiger partial charge in [0.25, 0.3) is 0 Å². The normalized spacial score (nSPS) is 34.2. The van der Waals surface area contributed by atoms with Crippen LogP contribution in [0.15, 0.2) is 12.7 Å². The Bertz CT molecular complexity index is 225. The smallest absolute Gasteiger partial charge is 0.246 e. The first-order valence-corrected chi connectivity index (χ1v) is 4.35. The van der Waals surface area contributed by atoms with Gasteiger partial charge in [0.1, 0.15) is 0 Å². The van der Waals surface area contributed by atoms with Crippen LogP contribution in [-0.4, -0.2) is 47.9 Å². The highest BCUT2D eigenvalue weighted by atomic mass is 16.2. The van der Waals surface area contributed by atoms with Crippen molar-refractivity contribution in [2.75, 3.05) is 20.1 Å². The summed E-state index contributed by atoms with van der Waals surface area (Å²) in [4.78, 5) is 15.6. The largest absolute Gasteiger partial charge is 0.333 e. The van der Waals surface area contributed by atoms with Crippen molar-refractivity contribution in [1.29, 1.82) is 0 Å². The third-order valence-electron chi connectivity index (χ3n) is 2.97. The molecule has 2 heterocycles. The molecule has 2 aliphatic heterocycles. The van der Waals surface area contributed by atoms with E-state index in [2.05, 4.69) is 18.5 Å². The molecule has 2 rings (SSSR count). The van der Waals surface area contributed by atoms with Gasteiger partial charge < -0.3 is 4.90 Å². The highest BCUT2D eigenvalue weighted by Crippen LogP contribution is 2.29. The monoisotopic (exact) mass is 166 g/mol. The van der Waals surface area contributed by atoms with Gasteiger partial charge in [-0.3, -0.25) is 9.69 Å². The summed E-state index contributed by atoms with van der Waals surface area (Å²) in [6, 6.07) is 1.05. The lowest BCUT2D eigenvalue weighted by atomic mass is 10.2. The lowest BCUT2D eigenvalue weighted by Gasteiger charge is -2.31. The van der Waals surface area contributed by atoms with Crippen LogP contribution in [0.5, 0.6) is 0 Å². The summed E-state index contributed by atoms with van der Waals surface area (Å²) in [6.45, 7) is 5.43. The van der Waals surface area contributed by atoms with Crippen LogP contribution in [0.3, 0.4) is 0 Å². The van der Waals surface area contributed by atoms with Crippen molar-refractivity contribution in [3.8, 4) is 0 Å². The van der Waals surface area contributed by atoms with E-state index in [1.165, 1.54) is 6.08 Å². The van der Waals surface area contributed by atoms with Crippen LogP contribution in [0.25, 0.3) is 0 Å². The van der Waals surface area contributed by atoms with Crippen molar-refractivity contribution < 1.29 is 4.79 Å². The molecule has 2 bridgehead atoms. The number of fused-ring (bicyclic) bond motifs is 2. The van der Waals surface area contributed by atoms with Gasteiger partial charge in [-0.25, -0.2) is 0 Å². The number of piperazine rings is 1. The number of hydrogen-bond acceptors (Lipinski definition) is 2. The number of rotatable bonds is 1. The molecule has 2 fully saturated rings. The van der Waals surface area contributed by atoms with Crippen LogP contribution in [0.2, 0.25) is 0 Å². The Balaban J connectivity index is 2.07. The Morgan fingerprint density at radius 2 is 2.25 bits per heavy atom. The molecule has 3 heteroatoms. The molecule has 2 saturated heterocycles. The van der Waals surface area contributed by atoms with Gasteiger partial charge in [0.2, 0.25) is 5.91 Å². The highest BCUT2D eigenvalue weighted by molar-refractivity contribution is 5.87. The fourth-order valence-corrected chi connectivity index (χ4v) is 2.25. The molecule has 1 amide bonds. The van der Waals surface area contributed by atoms with Crippen LogP contribution < -0.4 is 0 Å². The van der Waals surface area contributed by atoms with Gasteiger partial charge in [-0.05, 0) is 19.5 Å². The lowest BCUT2D eigenvalue weighted by molar-refractivity contribution is -0.128. The van der Waals surface area contributed by atoms with E-state index in [4.69, 9.17) is 0 Å². The van der Waals surface area contributed by atoms with Crippen molar-refractivity contribution in [3.63, 3.8) is 0 Å². The van der Waals surface area contributed by atoms with Crippen molar-refractivity contribution in [2.45, 2.75) is 18.5 Å². The molecule has 66 valence electrons. The fraction of sp³-hybridized carbons (Fsp3) is 0.667. The van der Waals surface area contributed by atoms with Crippen LogP contribution >= 0.6 is 0 Å². The number of nitrogens with zero attached hydrogens (tertiary/aromatic N) is 2. The lowest BCUT2D eigenvalue weighted by Crippen LogP contribution is -2.46. The number of likely N-dealkylation sites (tertiary alicyclic amines) is 2. The first kappa shape index (κ1) is 7.80. The molecule has 2 aliphatic rings. The van der Waals surface area contributed by atoms with E-state index in [1.54, 1.807) is 0 Å². The zero-order valence-electron chi connectivity index (χ0n) is 7.36. The minimum absolute atomic E-state index is 0.0931. The second-order valence-corrected chi connectivity index (χ2v) is 3.68. The average Bonchev–Trinajstić information content (AvgIpc) is 2.60. The third kappa shape index (κ3) is 0.966. The maximum absolute atomic E-state index is 11.3. The predicted molar refractivity (Wildman–Crippen MR) is 46.7 cm³/mol. The van der Waals surface area contributed by atoms with Gasteiger partial charge in [0.15, 0.2) is 0 Å². The van der Waals surface area contributed by atoms with Gasteiger partial charge in [-0.1, -0.05) is 6.58 Å². The fourth-order valence-electron chi connectivity index (χ4n) is 2.25. The minimum Gasteiger partial charge on any atom is -0.333 e. The molecular weight excluding hydrogens is 152 g/mol. The molecule has 0 saturated carbocycles. The summed E-state index contributed by atoms with van der Waals surface area (Å²) in [5.74, 6) is 0.0931. The Morgan fingerprint density at radius 3 is 2.67 bits per heavy atom. The van der Waals surface area contributed by atoms with Crippen molar-refractivity contribution in [2.24, 2.45) is 0 Å². The number of hydrogen-bond donors (Lipinski definition) is 0. The topological polar surface area (TPSA) is 23.6 Å². The molecule has 2 unspecified atom stereocenters. The van der Waals surface area contributed by atoms with Crippen LogP contribution in [0.4, 0.5) is 0 Å². The summed E-state index contributed by atoms with van der Waals surface area (Å²) < 4.78 is 0. The standard InChI is InChI=1S/C9H14N2O/c1-3-9(12)11-6-7-4-8(11)5-10(7)2/h3,7-8H,1,4-6H2,2H3. The maximum Gasteiger partial charge on any atom is 0.246 e. The van der Waals surface area contributed by atoms with Crippen molar-refractivity contribution in [3.05, 3.63) is 12.7 Å². The molecule has 3 nitrogen and oxygen atoms in total. The number of carbonyl (C=O) groups is 1. The summed E-state index contributed by atoms with van der Waals surface area (Å²) in [5.41, 5.74) is 0. The van der Waals surface area contributed by atoms with Crippen LogP contribution in [0.1, 0.15) is 6.42 Å². The molecule has 0 aromatic carbocycles. The minimum atomic E-state index is 0.0931. The third-order valence-corrected chi connectivity index (χ3v) is 2.97. The SMILES string of the molecule is C=CC(=O)N1CC2CC1CN2C. The van der Waals surface area contributed by atoms with E-state index in [0.29, 0.717) is 12.1 Å². The van der Waals surface area contributed by atoms with Crippen LogP contribution in [-0.2, 0) is 4.79 Å². The number of carbonyl (C=O) groups excluding carboxylic acids is 1. The second kappa shape index (κ2) is 2.59. The van der Waals surface area contributed by atoms with Gasteiger partial charge in [0.05, 0.1) is 0 Å². The average molecular weight is 166 g/mol. The Labute approximate surface area is 72.6 Å². The summed E-state index contributed by atoms with van der Waals surface area (Å²) in [6.07, 6.45) is 2.57.